The Bertz CT molecular complexity index is 1110. The number of fused-ring (bicyclic) bond motifs is 1. The van der Waals surface area contributed by atoms with Crippen LogP contribution in [-0.4, -0.2) is 16.1 Å². The van der Waals surface area contributed by atoms with Gasteiger partial charge in [-0.1, -0.05) is 36.9 Å². The van der Waals surface area contributed by atoms with Gasteiger partial charge < -0.3 is 10.1 Å². The predicted molar refractivity (Wildman–Crippen MR) is 123 cm³/mol. The van der Waals surface area contributed by atoms with Crippen molar-refractivity contribution in [1.82, 2.24) is 4.98 Å². The van der Waals surface area contributed by atoms with Gasteiger partial charge in [-0.15, -0.1) is 0 Å². The van der Waals surface area contributed by atoms with Crippen molar-refractivity contribution >= 4 is 23.4 Å². The van der Waals surface area contributed by atoms with Gasteiger partial charge in [-0.25, -0.2) is 4.98 Å². The number of anilines is 1. The molecule has 0 spiro atoms. The van der Waals surface area contributed by atoms with Crippen molar-refractivity contribution in [2.24, 2.45) is 0 Å². The molecule has 0 aliphatic heterocycles. The molecule has 2 aromatic carbocycles. The van der Waals surface area contributed by atoms with Gasteiger partial charge in [0.25, 0.3) is 0 Å². The molecule has 1 aliphatic carbocycles. The number of nitriles is 1. The number of thioether (sulfide) groups is 1. The van der Waals surface area contributed by atoms with Crippen molar-refractivity contribution in [3.8, 4) is 17.6 Å². The molecule has 1 aromatic heterocycles. The molecule has 0 bridgehead atoms. The normalized spacial score (nSPS) is 13.2. The fraction of sp³-hybridized carbons (Fsp3) is 0.240. The van der Waals surface area contributed by atoms with Crippen LogP contribution in [0, 0.1) is 11.3 Å². The minimum absolute atomic E-state index is 0.101. The van der Waals surface area contributed by atoms with E-state index < -0.39 is 0 Å². The van der Waals surface area contributed by atoms with E-state index >= 15 is 0 Å². The lowest BCUT2D eigenvalue weighted by molar-refractivity contribution is -0.115. The molecule has 1 atom stereocenters. The number of aromatic nitrogens is 1. The fourth-order valence-corrected chi connectivity index (χ4v) is 4.53. The molecule has 0 saturated heterocycles. The first kappa shape index (κ1) is 21.0. The number of amides is 1. The van der Waals surface area contributed by atoms with Gasteiger partial charge in [-0.2, -0.15) is 5.26 Å². The molecule has 0 radical (unpaired) electrons. The first-order valence-corrected chi connectivity index (χ1v) is 11.3. The minimum Gasteiger partial charge on any atom is -0.457 e. The second-order valence-corrected chi connectivity index (χ2v) is 8.55. The Morgan fingerprint density at radius 2 is 1.90 bits per heavy atom. The molecule has 1 unspecified atom stereocenters. The third-order valence-corrected chi connectivity index (χ3v) is 6.52. The maximum atomic E-state index is 12.9. The largest absolute Gasteiger partial charge is 0.457 e. The molecular formula is C25H23N3O2S. The highest BCUT2D eigenvalue weighted by molar-refractivity contribution is 8.00. The molecule has 4 rings (SSSR count). The summed E-state index contributed by atoms with van der Waals surface area (Å²) in [4.78, 5) is 17.6. The zero-order chi connectivity index (χ0) is 21.6. The summed E-state index contributed by atoms with van der Waals surface area (Å²) >= 11 is 1.37. The Balaban J connectivity index is 1.42. The Labute approximate surface area is 186 Å². The highest BCUT2D eigenvalue weighted by Crippen LogP contribution is 2.32. The second kappa shape index (κ2) is 9.67. The van der Waals surface area contributed by atoms with E-state index in [0.717, 1.165) is 36.3 Å². The van der Waals surface area contributed by atoms with Gasteiger partial charge in [0, 0.05) is 11.4 Å². The molecule has 5 nitrogen and oxygen atoms in total. The number of nitrogens with one attached hydrogen (secondary N) is 1. The van der Waals surface area contributed by atoms with Crippen LogP contribution in [0.5, 0.6) is 11.5 Å². The number of carbonyl (C=O) groups excluding carboxylic acids is 1. The summed E-state index contributed by atoms with van der Waals surface area (Å²) in [7, 11) is 0. The predicted octanol–water partition coefficient (Wildman–Crippen LogP) is 5.74. The number of para-hydroxylation sites is 1. The minimum atomic E-state index is -0.334. The highest BCUT2D eigenvalue weighted by atomic mass is 32.2. The first-order valence-electron chi connectivity index (χ1n) is 10.4. The maximum Gasteiger partial charge on any atom is 0.237 e. The van der Waals surface area contributed by atoms with Crippen LogP contribution in [-0.2, 0) is 17.6 Å². The van der Waals surface area contributed by atoms with E-state index in [9.17, 15) is 10.1 Å². The van der Waals surface area contributed by atoms with Crippen LogP contribution in [0.3, 0.4) is 0 Å². The number of hydrogen-bond acceptors (Lipinski definition) is 5. The van der Waals surface area contributed by atoms with Crippen LogP contribution in [0.4, 0.5) is 5.69 Å². The molecule has 0 fully saturated rings. The fourth-order valence-electron chi connectivity index (χ4n) is 3.53. The summed E-state index contributed by atoms with van der Waals surface area (Å²) in [5.41, 5.74) is 3.48. The van der Waals surface area contributed by atoms with Crippen LogP contribution in [0.25, 0.3) is 0 Å². The van der Waals surface area contributed by atoms with Crippen molar-refractivity contribution in [2.75, 3.05) is 5.32 Å². The maximum absolute atomic E-state index is 12.9. The number of rotatable bonds is 7. The summed E-state index contributed by atoms with van der Waals surface area (Å²) in [6.45, 7) is 1.97. The van der Waals surface area contributed by atoms with Crippen molar-refractivity contribution in [1.29, 1.82) is 5.26 Å². The Kier molecular flexibility index (Phi) is 6.54. The Hall–Kier alpha value is -3.30. The zero-order valence-electron chi connectivity index (χ0n) is 17.3. The van der Waals surface area contributed by atoms with Gasteiger partial charge in [-0.05, 0) is 73.7 Å². The third kappa shape index (κ3) is 5.07. The van der Waals surface area contributed by atoms with Crippen molar-refractivity contribution in [3.05, 3.63) is 77.5 Å². The molecule has 1 amide bonds. The average molecular weight is 430 g/mol. The molecule has 31 heavy (non-hydrogen) atoms. The van der Waals surface area contributed by atoms with Crippen LogP contribution in [0.15, 0.2) is 65.7 Å². The first-order chi connectivity index (χ1) is 15.2. The van der Waals surface area contributed by atoms with Gasteiger partial charge in [0.15, 0.2) is 0 Å². The summed E-state index contributed by atoms with van der Waals surface area (Å²) < 4.78 is 5.79. The lowest BCUT2D eigenvalue weighted by Gasteiger charge is -2.16. The zero-order valence-corrected chi connectivity index (χ0v) is 18.1. The monoisotopic (exact) mass is 429 g/mol. The van der Waals surface area contributed by atoms with E-state index in [2.05, 4.69) is 11.4 Å². The molecule has 6 heteroatoms. The van der Waals surface area contributed by atoms with E-state index in [-0.39, 0.29) is 11.2 Å². The Morgan fingerprint density at radius 3 is 2.61 bits per heavy atom. The standard InChI is InChI=1S/C25H23N3O2S/c1-2-23(31-25-18(16-26)15-17-7-6-10-22(17)28-25)24(29)27-19-11-13-21(14-12-19)30-20-8-4-3-5-9-20/h3-5,8-9,11-15,23H,2,6-7,10H2,1H3,(H,27,29). The molecule has 1 N–H and O–H groups in total. The van der Waals surface area contributed by atoms with Crippen LogP contribution < -0.4 is 10.1 Å². The number of benzene rings is 2. The SMILES string of the molecule is CCC(Sc1nc2c(cc1C#N)CCC2)C(=O)Nc1ccc(Oc2ccccc2)cc1. The van der Waals surface area contributed by atoms with E-state index in [1.54, 1.807) is 0 Å². The lowest BCUT2D eigenvalue weighted by Crippen LogP contribution is -2.24. The van der Waals surface area contributed by atoms with Crippen molar-refractivity contribution < 1.29 is 9.53 Å². The molecular weight excluding hydrogens is 406 g/mol. The number of ether oxygens (including phenoxy) is 1. The third-order valence-electron chi connectivity index (χ3n) is 5.15. The number of pyridine rings is 1. The van der Waals surface area contributed by atoms with E-state index in [0.29, 0.717) is 28.4 Å². The summed E-state index contributed by atoms with van der Waals surface area (Å²) in [5, 5.41) is 12.8. The van der Waals surface area contributed by atoms with Crippen LogP contribution >= 0.6 is 11.8 Å². The molecule has 3 aromatic rings. The summed E-state index contributed by atoms with van der Waals surface area (Å²) in [6.07, 6.45) is 3.62. The van der Waals surface area contributed by atoms with E-state index in [4.69, 9.17) is 9.72 Å². The van der Waals surface area contributed by atoms with Gasteiger partial charge >= 0.3 is 0 Å². The topological polar surface area (TPSA) is 75.0 Å². The van der Waals surface area contributed by atoms with E-state index in [1.807, 2.05) is 67.6 Å². The molecule has 0 saturated carbocycles. The molecule has 156 valence electrons. The van der Waals surface area contributed by atoms with Crippen LogP contribution in [0.1, 0.15) is 36.6 Å². The van der Waals surface area contributed by atoms with Gasteiger partial charge in [0.1, 0.15) is 22.6 Å². The smallest absolute Gasteiger partial charge is 0.237 e. The van der Waals surface area contributed by atoms with Gasteiger partial charge in [-0.3, -0.25) is 4.79 Å². The van der Waals surface area contributed by atoms with Crippen LogP contribution in [0.2, 0.25) is 0 Å². The number of aryl methyl sites for hydroxylation is 2. The molecule has 1 aliphatic rings. The number of nitrogens with zero attached hydrogens (tertiary/aromatic N) is 2. The highest BCUT2D eigenvalue weighted by Gasteiger charge is 2.23. The number of carbonyl (C=O) groups is 1. The van der Waals surface area contributed by atoms with Gasteiger partial charge in [0.2, 0.25) is 5.91 Å². The Morgan fingerprint density at radius 1 is 1.16 bits per heavy atom. The summed E-state index contributed by atoms with van der Waals surface area (Å²) in [5.74, 6) is 1.36. The van der Waals surface area contributed by atoms with E-state index in [1.165, 1.54) is 11.8 Å². The second-order valence-electron chi connectivity index (χ2n) is 7.36. The van der Waals surface area contributed by atoms with Crippen molar-refractivity contribution in [3.63, 3.8) is 0 Å². The average Bonchev–Trinajstić information content (AvgIpc) is 3.26. The lowest BCUT2D eigenvalue weighted by atomic mass is 10.2. The quantitative estimate of drug-likeness (QED) is 0.485. The summed E-state index contributed by atoms with van der Waals surface area (Å²) in [6, 6.07) is 21.0. The number of hydrogen-bond donors (Lipinski definition) is 1. The van der Waals surface area contributed by atoms with Crippen molar-refractivity contribution in [2.45, 2.75) is 42.9 Å². The molecule has 1 heterocycles. The van der Waals surface area contributed by atoms with Gasteiger partial charge in [0.05, 0.1) is 10.8 Å².